The second kappa shape index (κ2) is 10.9. The number of halogens is 2. The van der Waals surface area contributed by atoms with E-state index in [2.05, 4.69) is 0 Å². The molecule has 0 spiro atoms. The third-order valence-electron chi connectivity index (χ3n) is 5.81. The summed E-state index contributed by atoms with van der Waals surface area (Å²) < 4.78 is 68.4. The summed E-state index contributed by atoms with van der Waals surface area (Å²) in [6.07, 6.45) is -0.189. The van der Waals surface area contributed by atoms with Gasteiger partial charge in [0.2, 0.25) is 5.91 Å². The van der Waals surface area contributed by atoms with Crippen LogP contribution in [0.4, 0.5) is 14.5 Å². The summed E-state index contributed by atoms with van der Waals surface area (Å²) in [5, 5.41) is 0. The molecule has 0 aromatic heterocycles. The fourth-order valence-corrected chi connectivity index (χ4v) is 5.75. The molecule has 0 heterocycles. The molecule has 0 aliphatic carbocycles. The number of ether oxygens (including phenoxy) is 2. The zero-order chi connectivity index (χ0) is 26.6. The molecule has 3 rings (SSSR count). The minimum absolute atomic E-state index is 0.0588. The van der Waals surface area contributed by atoms with Crippen molar-refractivity contribution in [1.82, 2.24) is 0 Å². The van der Waals surface area contributed by atoms with Crippen molar-refractivity contribution in [1.29, 1.82) is 0 Å². The second-order valence-electron chi connectivity index (χ2n) is 8.15. The van der Waals surface area contributed by atoms with E-state index >= 15 is 0 Å². The molecule has 0 saturated carbocycles. The van der Waals surface area contributed by atoms with Crippen LogP contribution in [0.15, 0.2) is 59.5 Å². The highest BCUT2D eigenvalue weighted by Gasteiger charge is 2.36. The van der Waals surface area contributed by atoms with Crippen LogP contribution in [-0.2, 0) is 21.2 Å². The molecule has 1 unspecified atom stereocenters. The van der Waals surface area contributed by atoms with E-state index in [4.69, 9.17) is 15.2 Å². The van der Waals surface area contributed by atoms with Gasteiger partial charge in [-0.05, 0) is 49.2 Å². The van der Waals surface area contributed by atoms with Crippen molar-refractivity contribution in [2.45, 2.75) is 37.6 Å². The highest BCUT2D eigenvalue weighted by molar-refractivity contribution is 7.93. The van der Waals surface area contributed by atoms with Gasteiger partial charge in [-0.15, -0.1) is 0 Å². The number of hydrogen-bond acceptors (Lipinski definition) is 5. The molecule has 0 radical (unpaired) electrons. The summed E-state index contributed by atoms with van der Waals surface area (Å²) in [7, 11) is -1.62. The van der Waals surface area contributed by atoms with Gasteiger partial charge >= 0.3 is 0 Å². The third kappa shape index (κ3) is 5.28. The monoisotopic (exact) mass is 518 g/mol. The molecule has 3 aromatic rings. The number of sulfonamides is 1. The Labute approximate surface area is 209 Å². The average molecular weight is 519 g/mol. The first-order valence-electron chi connectivity index (χ1n) is 11.1. The maximum absolute atomic E-state index is 14.5. The highest BCUT2D eigenvalue weighted by Crippen LogP contribution is 2.36. The van der Waals surface area contributed by atoms with Gasteiger partial charge in [-0.3, -0.25) is 9.10 Å². The standard InChI is InChI=1S/C26H28F2N2O5S/c1-5-22(26(29)31)30(36(32,33)18-10-12-24(34-3)25(15-18)35-4)23-11-9-16(2)13-17(23)14-19-20(27)7-6-8-21(19)28/h6-13,15,22H,5,14H2,1-4H3,(H2,29,31). The largest absolute Gasteiger partial charge is 0.493 e. The summed E-state index contributed by atoms with van der Waals surface area (Å²) in [6.45, 7) is 3.39. The minimum atomic E-state index is -4.41. The maximum Gasteiger partial charge on any atom is 0.265 e. The SMILES string of the molecule is CCC(C(N)=O)N(c1ccc(C)cc1Cc1c(F)cccc1F)S(=O)(=O)c1ccc(OC)c(OC)c1. The fraction of sp³-hybridized carbons (Fsp3) is 0.269. The van der Waals surface area contributed by atoms with Crippen molar-refractivity contribution in [3.05, 3.63) is 82.9 Å². The Balaban J connectivity index is 2.27. The van der Waals surface area contributed by atoms with E-state index in [1.54, 1.807) is 26.0 Å². The Hall–Kier alpha value is -3.66. The molecule has 0 bridgehead atoms. The molecule has 36 heavy (non-hydrogen) atoms. The lowest BCUT2D eigenvalue weighted by Crippen LogP contribution is -2.48. The predicted molar refractivity (Wildman–Crippen MR) is 133 cm³/mol. The van der Waals surface area contributed by atoms with Gasteiger partial charge in [0.25, 0.3) is 10.0 Å². The summed E-state index contributed by atoms with van der Waals surface area (Å²) >= 11 is 0. The molecule has 1 amide bonds. The lowest BCUT2D eigenvalue weighted by molar-refractivity contribution is -0.119. The number of aryl methyl sites for hydroxylation is 1. The number of carbonyl (C=O) groups excluding carboxylic acids is 1. The number of methoxy groups -OCH3 is 2. The van der Waals surface area contributed by atoms with Gasteiger partial charge in [0.05, 0.1) is 24.8 Å². The second-order valence-corrected chi connectivity index (χ2v) is 9.97. The number of nitrogens with zero attached hydrogens (tertiary/aromatic N) is 1. The van der Waals surface area contributed by atoms with E-state index in [0.29, 0.717) is 11.3 Å². The van der Waals surface area contributed by atoms with Crippen molar-refractivity contribution in [3.8, 4) is 11.5 Å². The Morgan fingerprint density at radius 3 is 2.19 bits per heavy atom. The molecule has 1 atom stereocenters. The molecule has 0 saturated heterocycles. The van der Waals surface area contributed by atoms with Crippen LogP contribution in [0.5, 0.6) is 11.5 Å². The molecule has 0 aliphatic rings. The van der Waals surface area contributed by atoms with Crippen LogP contribution < -0.4 is 19.5 Å². The normalized spacial score (nSPS) is 12.2. The van der Waals surface area contributed by atoms with Crippen molar-refractivity contribution in [3.63, 3.8) is 0 Å². The topological polar surface area (TPSA) is 98.9 Å². The van der Waals surface area contributed by atoms with Crippen molar-refractivity contribution >= 4 is 21.6 Å². The Morgan fingerprint density at radius 2 is 1.64 bits per heavy atom. The van der Waals surface area contributed by atoms with E-state index in [1.165, 1.54) is 44.6 Å². The quantitative estimate of drug-likeness (QED) is 0.431. The van der Waals surface area contributed by atoms with Gasteiger partial charge in [0.1, 0.15) is 17.7 Å². The van der Waals surface area contributed by atoms with Crippen LogP contribution in [0, 0.1) is 18.6 Å². The number of nitrogens with two attached hydrogens (primary N) is 1. The lowest BCUT2D eigenvalue weighted by atomic mass is 9.99. The number of rotatable bonds is 10. The van der Waals surface area contributed by atoms with E-state index in [0.717, 1.165) is 22.0 Å². The van der Waals surface area contributed by atoms with Gasteiger partial charge in [0.15, 0.2) is 11.5 Å². The highest BCUT2D eigenvalue weighted by atomic mass is 32.2. The number of amides is 1. The number of anilines is 1. The molecular formula is C26H28F2N2O5S. The van der Waals surface area contributed by atoms with E-state index in [9.17, 15) is 22.0 Å². The van der Waals surface area contributed by atoms with Crippen LogP contribution in [-0.4, -0.2) is 34.6 Å². The van der Waals surface area contributed by atoms with Crippen molar-refractivity contribution in [2.24, 2.45) is 5.73 Å². The minimum Gasteiger partial charge on any atom is -0.493 e. The summed E-state index contributed by atoms with van der Waals surface area (Å²) in [6, 6.07) is 11.1. The third-order valence-corrected chi connectivity index (χ3v) is 7.63. The molecule has 2 N–H and O–H groups in total. The molecule has 0 aliphatic heterocycles. The van der Waals surface area contributed by atoms with Crippen molar-refractivity contribution in [2.75, 3.05) is 18.5 Å². The predicted octanol–water partition coefficient (Wildman–Crippen LogP) is 4.34. The van der Waals surface area contributed by atoms with Crippen LogP contribution >= 0.6 is 0 Å². The number of primary amides is 1. The van der Waals surface area contributed by atoms with Gasteiger partial charge in [-0.2, -0.15) is 0 Å². The van der Waals surface area contributed by atoms with Gasteiger partial charge in [-0.1, -0.05) is 30.7 Å². The zero-order valence-electron chi connectivity index (χ0n) is 20.4. The Morgan fingerprint density at radius 1 is 1.00 bits per heavy atom. The molecular weight excluding hydrogens is 490 g/mol. The van der Waals surface area contributed by atoms with E-state index in [-0.39, 0.29) is 34.7 Å². The smallest absolute Gasteiger partial charge is 0.265 e. The number of carbonyl (C=O) groups is 1. The van der Waals surface area contributed by atoms with Crippen LogP contribution in [0.2, 0.25) is 0 Å². The first-order chi connectivity index (χ1) is 17.0. The van der Waals surface area contributed by atoms with Crippen LogP contribution in [0.1, 0.15) is 30.0 Å². The first-order valence-corrected chi connectivity index (χ1v) is 12.6. The van der Waals surface area contributed by atoms with Gasteiger partial charge in [-0.25, -0.2) is 17.2 Å². The van der Waals surface area contributed by atoms with Crippen LogP contribution in [0.25, 0.3) is 0 Å². The summed E-state index contributed by atoms with van der Waals surface area (Å²) in [5.74, 6) is -1.92. The molecule has 192 valence electrons. The number of benzene rings is 3. The summed E-state index contributed by atoms with van der Waals surface area (Å²) in [4.78, 5) is 12.3. The first kappa shape index (κ1) is 26.9. The maximum atomic E-state index is 14.5. The van der Waals surface area contributed by atoms with Gasteiger partial charge in [0, 0.05) is 18.1 Å². The zero-order valence-corrected chi connectivity index (χ0v) is 21.2. The van der Waals surface area contributed by atoms with Crippen molar-refractivity contribution < 1.29 is 31.5 Å². The Bertz CT molecular complexity index is 1360. The molecule has 3 aromatic carbocycles. The van der Waals surface area contributed by atoms with E-state index in [1.807, 2.05) is 0 Å². The fourth-order valence-electron chi connectivity index (χ4n) is 4.00. The molecule has 10 heteroatoms. The van der Waals surface area contributed by atoms with Crippen LogP contribution in [0.3, 0.4) is 0 Å². The Kier molecular flexibility index (Phi) is 8.19. The van der Waals surface area contributed by atoms with E-state index < -0.39 is 33.6 Å². The average Bonchev–Trinajstić information content (AvgIpc) is 2.84. The van der Waals surface area contributed by atoms with Gasteiger partial charge < -0.3 is 15.2 Å². The molecule has 0 fully saturated rings. The number of hydrogen-bond donors (Lipinski definition) is 1. The molecule has 7 nitrogen and oxygen atoms in total. The lowest BCUT2D eigenvalue weighted by Gasteiger charge is -2.32. The summed E-state index contributed by atoms with van der Waals surface area (Å²) in [5.41, 5.74) is 6.54.